The summed E-state index contributed by atoms with van der Waals surface area (Å²) in [5.41, 5.74) is 1.04. The van der Waals surface area contributed by atoms with Crippen LogP contribution in [0.4, 0.5) is 5.95 Å². The molecule has 17 heavy (non-hydrogen) atoms. The van der Waals surface area contributed by atoms with Gasteiger partial charge < -0.3 is 4.90 Å². The van der Waals surface area contributed by atoms with Gasteiger partial charge >= 0.3 is 0 Å². The molecule has 0 saturated heterocycles. The van der Waals surface area contributed by atoms with Crippen molar-refractivity contribution in [3.8, 4) is 0 Å². The van der Waals surface area contributed by atoms with Gasteiger partial charge in [0, 0.05) is 26.0 Å². The molecule has 0 atom stereocenters. The lowest BCUT2D eigenvalue weighted by atomic mass is 10.3. The Labute approximate surface area is 108 Å². The van der Waals surface area contributed by atoms with Gasteiger partial charge in [0.1, 0.15) is 0 Å². The molecule has 0 radical (unpaired) electrons. The minimum Gasteiger partial charge on any atom is -0.339 e. The van der Waals surface area contributed by atoms with Gasteiger partial charge in [0.2, 0.25) is 16.5 Å². The molecule has 2 aromatic rings. The largest absolute Gasteiger partial charge is 0.339 e. The van der Waals surface area contributed by atoms with Crippen LogP contribution >= 0.6 is 23.2 Å². The lowest BCUT2D eigenvalue weighted by Gasteiger charge is -2.16. The molecule has 0 aliphatic rings. The molecule has 0 spiro atoms. The Kier molecular flexibility index (Phi) is 3.71. The maximum Gasteiger partial charge on any atom is 0.231 e. The fraction of sp³-hybridized carbons (Fsp3) is 0.200. The van der Waals surface area contributed by atoms with E-state index >= 15 is 0 Å². The monoisotopic (exact) mass is 269 g/mol. The molecule has 5 nitrogen and oxygen atoms in total. The van der Waals surface area contributed by atoms with Gasteiger partial charge in [-0.05, 0) is 34.8 Å². The van der Waals surface area contributed by atoms with Crippen LogP contribution in [0.2, 0.25) is 10.6 Å². The SMILES string of the molecule is CN(Cc1cccnc1)c1nc(Cl)nc(Cl)n1. The molecule has 7 heteroatoms. The van der Waals surface area contributed by atoms with Crippen molar-refractivity contribution in [3.63, 3.8) is 0 Å². The smallest absolute Gasteiger partial charge is 0.231 e. The lowest BCUT2D eigenvalue weighted by molar-refractivity contribution is 0.849. The first-order valence-corrected chi connectivity index (χ1v) is 5.58. The van der Waals surface area contributed by atoms with Gasteiger partial charge in [-0.15, -0.1) is 0 Å². The standard InChI is InChI=1S/C10H9Cl2N5/c1-17(6-7-3-2-4-13-5-7)10-15-8(11)14-9(12)16-10/h2-5H,6H2,1H3. The van der Waals surface area contributed by atoms with Crippen LogP contribution in [0.3, 0.4) is 0 Å². The van der Waals surface area contributed by atoms with Crippen molar-refractivity contribution in [1.29, 1.82) is 0 Å². The van der Waals surface area contributed by atoms with Crippen LogP contribution in [-0.4, -0.2) is 27.0 Å². The zero-order valence-electron chi connectivity index (χ0n) is 9.01. The van der Waals surface area contributed by atoms with E-state index in [4.69, 9.17) is 23.2 Å². The van der Waals surface area contributed by atoms with E-state index < -0.39 is 0 Å². The molecule has 0 amide bonds. The van der Waals surface area contributed by atoms with Gasteiger partial charge in [0.05, 0.1) is 0 Å². The molecule has 0 aliphatic heterocycles. The normalized spacial score (nSPS) is 10.3. The highest BCUT2D eigenvalue weighted by Gasteiger charge is 2.08. The molecule has 0 fully saturated rings. The molecule has 0 bridgehead atoms. The maximum absolute atomic E-state index is 5.71. The first-order chi connectivity index (χ1) is 8.15. The van der Waals surface area contributed by atoms with Crippen LogP contribution in [0.25, 0.3) is 0 Å². The minimum absolute atomic E-state index is 0.0815. The number of anilines is 1. The second-order valence-corrected chi connectivity index (χ2v) is 4.07. The Balaban J connectivity index is 2.17. The second kappa shape index (κ2) is 5.25. The number of nitrogens with zero attached hydrogens (tertiary/aromatic N) is 5. The minimum atomic E-state index is 0.0815. The van der Waals surface area contributed by atoms with Gasteiger partial charge in [-0.1, -0.05) is 6.07 Å². The third kappa shape index (κ3) is 3.25. The molecular weight excluding hydrogens is 261 g/mol. The van der Waals surface area contributed by atoms with Gasteiger partial charge in [0.15, 0.2) is 0 Å². The van der Waals surface area contributed by atoms with Crippen LogP contribution in [0.1, 0.15) is 5.56 Å². The van der Waals surface area contributed by atoms with Gasteiger partial charge in [-0.2, -0.15) is 15.0 Å². The van der Waals surface area contributed by atoms with Gasteiger partial charge in [-0.25, -0.2) is 0 Å². The average molecular weight is 270 g/mol. The van der Waals surface area contributed by atoms with Crippen molar-refractivity contribution in [2.75, 3.05) is 11.9 Å². The summed E-state index contributed by atoms with van der Waals surface area (Å²) < 4.78 is 0. The molecule has 0 N–H and O–H groups in total. The first kappa shape index (κ1) is 12.0. The summed E-state index contributed by atoms with van der Waals surface area (Å²) >= 11 is 11.4. The van der Waals surface area contributed by atoms with Gasteiger partial charge in [0.25, 0.3) is 0 Å². The number of hydrogen-bond acceptors (Lipinski definition) is 5. The summed E-state index contributed by atoms with van der Waals surface area (Å²) in [6.45, 7) is 0.616. The van der Waals surface area contributed by atoms with E-state index in [9.17, 15) is 0 Å². The highest BCUT2D eigenvalue weighted by atomic mass is 35.5. The second-order valence-electron chi connectivity index (χ2n) is 3.39. The zero-order chi connectivity index (χ0) is 12.3. The molecule has 0 saturated carbocycles. The Bertz CT molecular complexity index is 485. The van der Waals surface area contributed by atoms with Crippen LogP contribution < -0.4 is 4.90 Å². The fourth-order valence-electron chi connectivity index (χ4n) is 1.32. The van der Waals surface area contributed by atoms with E-state index in [1.807, 2.05) is 24.1 Å². The summed E-state index contributed by atoms with van der Waals surface area (Å²) in [4.78, 5) is 17.5. The van der Waals surface area contributed by atoms with E-state index in [1.165, 1.54) is 0 Å². The van der Waals surface area contributed by atoms with Crippen LogP contribution in [0, 0.1) is 0 Å². The number of hydrogen-bond donors (Lipinski definition) is 0. The molecule has 0 aromatic carbocycles. The van der Waals surface area contributed by atoms with Crippen LogP contribution in [0.15, 0.2) is 24.5 Å². The van der Waals surface area contributed by atoms with Crippen molar-refractivity contribution in [2.45, 2.75) is 6.54 Å². The molecule has 88 valence electrons. The summed E-state index contributed by atoms with van der Waals surface area (Å²) in [6.07, 6.45) is 3.50. The van der Waals surface area contributed by atoms with E-state index in [-0.39, 0.29) is 10.6 Å². The summed E-state index contributed by atoms with van der Waals surface area (Å²) in [7, 11) is 1.84. The quantitative estimate of drug-likeness (QED) is 0.855. The number of rotatable bonds is 3. The van der Waals surface area contributed by atoms with Gasteiger partial charge in [-0.3, -0.25) is 4.98 Å². The topological polar surface area (TPSA) is 54.8 Å². The van der Waals surface area contributed by atoms with Crippen molar-refractivity contribution >= 4 is 29.2 Å². The van der Waals surface area contributed by atoms with Crippen molar-refractivity contribution in [2.24, 2.45) is 0 Å². The van der Waals surface area contributed by atoms with Crippen molar-refractivity contribution in [3.05, 3.63) is 40.7 Å². The molecule has 0 unspecified atom stereocenters. The third-order valence-electron chi connectivity index (χ3n) is 2.05. The molecule has 2 heterocycles. The molecule has 0 aliphatic carbocycles. The summed E-state index contributed by atoms with van der Waals surface area (Å²) in [5.74, 6) is 0.429. The number of halogens is 2. The molecule has 2 rings (SSSR count). The Morgan fingerprint density at radius 3 is 2.47 bits per heavy atom. The lowest BCUT2D eigenvalue weighted by Crippen LogP contribution is -2.19. The predicted octanol–water partition coefficient (Wildman–Crippen LogP) is 2.21. The predicted molar refractivity (Wildman–Crippen MR) is 66.2 cm³/mol. The summed E-state index contributed by atoms with van der Waals surface area (Å²) in [5, 5.41) is 0.163. The molecule has 2 aromatic heterocycles. The average Bonchev–Trinajstić information content (AvgIpc) is 2.29. The van der Waals surface area contributed by atoms with Crippen LogP contribution in [-0.2, 0) is 6.54 Å². The van der Waals surface area contributed by atoms with E-state index in [2.05, 4.69) is 19.9 Å². The third-order valence-corrected chi connectivity index (χ3v) is 2.39. The van der Waals surface area contributed by atoms with E-state index in [1.54, 1.807) is 12.4 Å². The van der Waals surface area contributed by atoms with E-state index in [0.717, 1.165) is 5.56 Å². The first-order valence-electron chi connectivity index (χ1n) is 4.82. The Morgan fingerprint density at radius 1 is 1.18 bits per heavy atom. The highest BCUT2D eigenvalue weighted by Crippen LogP contribution is 2.14. The highest BCUT2D eigenvalue weighted by molar-refractivity contribution is 6.31. The fourth-order valence-corrected chi connectivity index (χ4v) is 1.68. The number of aromatic nitrogens is 4. The maximum atomic E-state index is 5.71. The van der Waals surface area contributed by atoms with Crippen molar-refractivity contribution in [1.82, 2.24) is 19.9 Å². The Hall–Kier alpha value is -1.46. The number of pyridine rings is 1. The molecular formula is C10H9Cl2N5. The zero-order valence-corrected chi connectivity index (χ0v) is 10.5. The van der Waals surface area contributed by atoms with Crippen molar-refractivity contribution < 1.29 is 0 Å². The van der Waals surface area contributed by atoms with Crippen LogP contribution in [0.5, 0.6) is 0 Å². The van der Waals surface area contributed by atoms with E-state index in [0.29, 0.717) is 12.5 Å². The Morgan fingerprint density at radius 2 is 1.88 bits per heavy atom. The summed E-state index contributed by atoms with van der Waals surface area (Å²) in [6, 6.07) is 3.84.